The van der Waals surface area contributed by atoms with Crippen LogP contribution in [0.2, 0.25) is 0 Å². The van der Waals surface area contributed by atoms with Crippen LogP contribution in [0.25, 0.3) is 0 Å². The first-order valence-electron chi connectivity index (χ1n) is 4.82. The number of hydrogen-bond donors (Lipinski definition) is 0. The molecule has 2 nitrogen and oxygen atoms in total. The number of ether oxygens (including phenoxy) is 1. The second-order valence-corrected chi connectivity index (χ2v) is 4.00. The van der Waals surface area contributed by atoms with Gasteiger partial charge in [0.25, 0.3) is 0 Å². The van der Waals surface area contributed by atoms with Crippen molar-refractivity contribution in [3.05, 3.63) is 11.6 Å². The average Bonchev–Trinajstić information content (AvgIpc) is 2.15. The minimum atomic E-state index is 0.0401. The standard InChI is InChI=1S/C10H18ClNO/c1-3-10(2)9-12(6-4-5-11)7-8-13-10/h4-5H,3,6-9H2,1-2H3/b5-4+. The van der Waals surface area contributed by atoms with Gasteiger partial charge in [-0.05, 0) is 13.3 Å². The van der Waals surface area contributed by atoms with Crippen molar-refractivity contribution in [2.75, 3.05) is 26.2 Å². The van der Waals surface area contributed by atoms with Gasteiger partial charge in [0.15, 0.2) is 0 Å². The molecule has 0 spiro atoms. The molecule has 0 bridgehead atoms. The topological polar surface area (TPSA) is 12.5 Å². The highest BCUT2D eigenvalue weighted by molar-refractivity contribution is 6.25. The van der Waals surface area contributed by atoms with E-state index in [0.29, 0.717) is 0 Å². The van der Waals surface area contributed by atoms with Crippen molar-refractivity contribution in [2.24, 2.45) is 0 Å². The highest BCUT2D eigenvalue weighted by Gasteiger charge is 2.29. The lowest BCUT2D eigenvalue weighted by molar-refractivity contribution is -0.0965. The Morgan fingerprint density at radius 2 is 2.38 bits per heavy atom. The van der Waals surface area contributed by atoms with Crippen LogP contribution in [0.1, 0.15) is 20.3 Å². The molecule has 1 saturated heterocycles. The van der Waals surface area contributed by atoms with Crippen molar-refractivity contribution in [1.29, 1.82) is 0 Å². The van der Waals surface area contributed by atoms with Crippen molar-refractivity contribution < 1.29 is 4.74 Å². The van der Waals surface area contributed by atoms with E-state index in [4.69, 9.17) is 16.3 Å². The molecule has 1 unspecified atom stereocenters. The SMILES string of the molecule is CCC1(C)CN(C/C=C/Cl)CCO1. The lowest BCUT2D eigenvalue weighted by Crippen LogP contribution is -2.49. The molecule has 1 atom stereocenters. The summed E-state index contributed by atoms with van der Waals surface area (Å²) in [5, 5.41) is 0. The maximum Gasteiger partial charge on any atom is 0.0779 e. The van der Waals surface area contributed by atoms with E-state index in [0.717, 1.165) is 32.7 Å². The summed E-state index contributed by atoms with van der Waals surface area (Å²) >= 11 is 5.49. The zero-order valence-corrected chi connectivity index (χ0v) is 9.18. The van der Waals surface area contributed by atoms with Crippen LogP contribution < -0.4 is 0 Å². The van der Waals surface area contributed by atoms with E-state index >= 15 is 0 Å². The molecule has 0 aliphatic carbocycles. The van der Waals surface area contributed by atoms with Crippen LogP contribution in [-0.4, -0.2) is 36.7 Å². The van der Waals surface area contributed by atoms with Crippen LogP contribution in [0.5, 0.6) is 0 Å². The van der Waals surface area contributed by atoms with Gasteiger partial charge in [0, 0.05) is 25.2 Å². The summed E-state index contributed by atoms with van der Waals surface area (Å²) in [7, 11) is 0. The molecular weight excluding hydrogens is 186 g/mol. The van der Waals surface area contributed by atoms with Gasteiger partial charge in [-0.3, -0.25) is 4.90 Å². The van der Waals surface area contributed by atoms with E-state index in [2.05, 4.69) is 18.7 Å². The summed E-state index contributed by atoms with van der Waals surface area (Å²) in [5.74, 6) is 0. The molecule has 1 heterocycles. The van der Waals surface area contributed by atoms with Gasteiger partial charge in [-0.2, -0.15) is 0 Å². The molecular formula is C10H18ClNO. The lowest BCUT2D eigenvalue weighted by Gasteiger charge is -2.39. The summed E-state index contributed by atoms with van der Waals surface area (Å²) in [5.41, 5.74) is 1.62. The number of halogens is 1. The Morgan fingerprint density at radius 3 is 3.00 bits per heavy atom. The van der Waals surface area contributed by atoms with Crippen LogP contribution >= 0.6 is 11.6 Å². The zero-order chi connectivity index (χ0) is 9.73. The van der Waals surface area contributed by atoms with E-state index in [9.17, 15) is 0 Å². The van der Waals surface area contributed by atoms with Crippen molar-refractivity contribution in [3.63, 3.8) is 0 Å². The third-order valence-electron chi connectivity index (χ3n) is 2.62. The highest BCUT2D eigenvalue weighted by Crippen LogP contribution is 2.20. The first-order chi connectivity index (χ1) is 6.20. The molecule has 0 aromatic rings. The van der Waals surface area contributed by atoms with Gasteiger partial charge < -0.3 is 4.74 Å². The Labute approximate surface area is 85.5 Å². The van der Waals surface area contributed by atoms with Gasteiger partial charge in [0.2, 0.25) is 0 Å². The number of morpholine rings is 1. The number of rotatable bonds is 3. The molecule has 0 radical (unpaired) electrons. The molecule has 1 aliphatic heterocycles. The fraction of sp³-hybridized carbons (Fsp3) is 0.800. The van der Waals surface area contributed by atoms with Crippen LogP contribution in [0.4, 0.5) is 0 Å². The molecule has 13 heavy (non-hydrogen) atoms. The summed E-state index contributed by atoms with van der Waals surface area (Å²) in [6.45, 7) is 8.12. The summed E-state index contributed by atoms with van der Waals surface area (Å²) in [6.07, 6.45) is 3.04. The van der Waals surface area contributed by atoms with Gasteiger partial charge in [-0.25, -0.2) is 0 Å². The molecule has 0 amide bonds. The van der Waals surface area contributed by atoms with Crippen LogP contribution in [0.15, 0.2) is 11.6 Å². The molecule has 76 valence electrons. The average molecular weight is 204 g/mol. The van der Waals surface area contributed by atoms with Gasteiger partial charge >= 0.3 is 0 Å². The smallest absolute Gasteiger partial charge is 0.0779 e. The van der Waals surface area contributed by atoms with Crippen LogP contribution in [-0.2, 0) is 4.74 Å². The molecule has 1 fully saturated rings. The summed E-state index contributed by atoms with van der Waals surface area (Å²) < 4.78 is 5.73. The first kappa shape index (κ1) is 11.0. The van der Waals surface area contributed by atoms with Crippen molar-refractivity contribution in [2.45, 2.75) is 25.9 Å². The Kier molecular flexibility index (Phi) is 4.23. The van der Waals surface area contributed by atoms with E-state index < -0.39 is 0 Å². The van der Waals surface area contributed by atoms with Crippen LogP contribution in [0, 0.1) is 0 Å². The maximum absolute atomic E-state index is 5.73. The summed E-state index contributed by atoms with van der Waals surface area (Å²) in [4.78, 5) is 2.37. The Morgan fingerprint density at radius 1 is 1.62 bits per heavy atom. The van der Waals surface area contributed by atoms with Crippen molar-refractivity contribution in [1.82, 2.24) is 4.90 Å². The van der Waals surface area contributed by atoms with Gasteiger partial charge in [-0.15, -0.1) is 0 Å². The quantitative estimate of drug-likeness (QED) is 0.698. The molecule has 0 saturated carbocycles. The fourth-order valence-electron chi connectivity index (χ4n) is 1.58. The Bertz CT molecular complexity index is 184. The molecule has 3 heteroatoms. The third-order valence-corrected chi connectivity index (χ3v) is 2.79. The Balaban J connectivity index is 2.41. The maximum atomic E-state index is 5.73. The second-order valence-electron chi connectivity index (χ2n) is 3.75. The lowest BCUT2D eigenvalue weighted by atomic mass is 10.0. The van der Waals surface area contributed by atoms with E-state index in [1.807, 2.05) is 6.08 Å². The van der Waals surface area contributed by atoms with Gasteiger partial charge in [0.1, 0.15) is 0 Å². The second kappa shape index (κ2) is 4.99. The van der Waals surface area contributed by atoms with Crippen molar-refractivity contribution in [3.8, 4) is 0 Å². The zero-order valence-electron chi connectivity index (χ0n) is 8.42. The first-order valence-corrected chi connectivity index (χ1v) is 5.25. The van der Waals surface area contributed by atoms with E-state index in [1.54, 1.807) is 5.54 Å². The van der Waals surface area contributed by atoms with Gasteiger partial charge in [0.05, 0.1) is 12.2 Å². The molecule has 0 N–H and O–H groups in total. The highest BCUT2D eigenvalue weighted by atomic mass is 35.5. The van der Waals surface area contributed by atoms with Gasteiger partial charge in [-0.1, -0.05) is 24.6 Å². The van der Waals surface area contributed by atoms with E-state index in [-0.39, 0.29) is 5.60 Å². The fourth-order valence-corrected chi connectivity index (χ4v) is 1.66. The Hall–Kier alpha value is -0.0500. The molecule has 1 rings (SSSR count). The largest absolute Gasteiger partial charge is 0.373 e. The summed E-state index contributed by atoms with van der Waals surface area (Å²) in [6, 6.07) is 0. The minimum Gasteiger partial charge on any atom is -0.373 e. The van der Waals surface area contributed by atoms with E-state index in [1.165, 1.54) is 0 Å². The number of hydrogen-bond acceptors (Lipinski definition) is 2. The molecule has 1 aliphatic rings. The van der Waals surface area contributed by atoms with Crippen molar-refractivity contribution >= 4 is 11.6 Å². The van der Waals surface area contributed by atoms with Crippen LogP contribution in [0.3, 0.4) is 0 Å². The third kappa shape index (κ3) is 3.29. The predicted octanol–water partition coefficient (Wildman–Crippen LogP) is 2.24. The predicted molar refractivity (Wildman–Crippen MR) is 56.1 cm³/mol. The number of nitrogens with zero attached hydrogens (tertiary/aromatic N) is 1. The monoisotopic (exact) mass is 203 g/mol. The minimum absolute atomic E-state index is 0.0401. The normalized spacial score (nSPS) is 31.3. The molecule has 0 aromatic carbocycles. The molecule has 0 aromatic heterocycles.